The first-order valence-electron chi connectivity index (χ1n) is 6.71. The molecule has 0 saturated heterocycles. The Morgan fingerprint density at radius 3 is 2.52 bits per heavy atom. The number of thiazole rings is 1. The van der Waals surface area contributed by atoms with Gasteiger partial charge >= 0.3 is 12.1 Å². The number of aromatic nitrogens is 2. The molecule has 0 fully saturated rings. The highest BCUT2D eigenvalue weighted by Crippen LogP contribution is 2.19. The summed E-state index contributed by atoms with van der Waals surface area (Å²) >= 11 is 3.03. The second-order valence-corrected chi connectivity index (χ2v) is 6.24. The van der Waals surface area contributed by atoms with Gasteiger partial charge in [0.25, 0.3) is 5.91 Å². The molecular weight excluding hydrogens is 379 g/mol. The molecule has 0 aliphatic rings. The molecule has 2 N–H and O–H groups in total. The van der Waals surface area contributed by atoms with E-state index in [1.54, 1.807) is 23.3 Å². The van der Waals surface area contributed by atoms with E-state index < -0.39 is 12.1 Å². The number of carbonyl (C=O) groups is 2. The summed E-state index contributed by atoms with van der Waals surface area (Å²) in [5.41, 5.74) is 1.46. The number of aliphatic carboxylic acids is 1. The minimum atomic E-state index is -5.08. The van der Waals surface area contributed by atoms with E-state index in [9.17, 15) is 18.0 Å². The quantitative estimate of drug-likeness (QED) is 0.759. The number of carbonyl (C=O) groups excluding carboxylic acids is 1. The third kappa shape index (κ3) is 7.98. The van der Waals surface area contributed by atoms with Gasteiger partial charge in [0.15, 0.2) is 0 Å². The van der Waals surface area contributed by atoms with Gasteiger partial charge in [0.1, 0.15) is 10.0 Å². The topological polar surface area (TPSA) is 92.2 Å². The van der Waals surface area contributed by atoms with Crippen LogP contribution >= 0.6 is 23.1 Å². The van der Waals surface area contributed by atoms with Crippen molar-refractivity contribution in [3.05, 3.63) is 41.2 Å². The van der Waals surface area contributed by atoms with E-state index in [-0.39, 0.29) is 5.91 Å². The lowest BCUT2D eigenvalue weighted by atomic mass is 10.2. The number of carboxylic acids is 1. The standard InChI is InChI=1S/C12H13N3OS2.C2HF3O2/c1-17-12-15-10(8-18-12)11(16)14-7-5-9-4-2-3-6-13-9;3-2(4,5)1(6)7/h2-4,6,8H,5,7H2,1H3,(H,14,16);(H,6,7). The Labute approximate surface area is 149 Å². The zero-order chi connectivity index (χ0) is 18.9. The molecular formula is C14H14F3N3O3S2. The van der Waals surface area contributed by atoms with E-state index in [1.807, 2.05) is 24.5 Å². The minimum Gasteiger partial charge on any atom is -0.475 e. The molecule has 0 spiro atoms. The zero-order valence-electron chi connectivity index (χ0n) is 12.9. The van der Waals surface area contributed by atoms with E-state index in [0.717, 1.165) is 16.5 Å². The molecule has 2 aromatic heterocycles. The molecule has 2 rings (SSSR count). The third-order valence-corrected chi connectivity index (χ3v) is 4.39. The number of thioether (sulfide) groups is 1. The summed E-state index contributed by atoms with van der Waals surface area (Å²) in [6.07, 6.45) is -0.657. The number of nitrogens with one attached hydrogen (secondary N) is 1. The van der Waals surface area contributed by atoms with Gasteiger partial charge in [-0.25, -0.2) is 9.78 Å². The molecule has 6 nitrogen and oxygen atoms in total. The van der Waals surface area contributed by atoms with Gasteiger partial charge in [0, 0.05) is 30.2 Å². The highest BCUT2D eigenvalue weighted by molar-refractivity contribution is 8.00. The normalized spacial score (nSPS) is 10.6. The highest BCUT2D eigenvalue weighted by atomic mass is 32.2. The van der Waals surface area contributed by atoms with Gasteiger partial charge in [-0.05, 0) is 18.4 Å². The summed E-state index contributed by atoms with van der Waals surface area (Å²) < 4.78 is 32.6. The van der Waals surface area contributed by atoms with E-state index >= 15 is 0 Å². The van der Waals surface area contributed by atoms with Crippen molar-refractivity contribution in [3.8, 4) is 0 Å². The monoisotopic (exact) mass is 393 g/mol. The van der Waals surface area contributed by atoms with Crippen molar-refractivity contribution in [2.45, 2.75) is 16.9 Å². The largest absolute Gasteiger partial charge is 0.490 e. The Kier molecular flexibility index (Phi) is 8.35. The Morgan fingerprint density at radius 1 is 1.36 bits per heavy atom. The van der Waals surface area contributed by atoms with Crippen molar-refractivity contribution in [2.75, 3.05) is 12.8 Å². The van der Waals surface area contributed by atoms with Crippen LogP contribution in [0.15, 0.2) is 34.1 Å². The van der Waals surface area contributed by atoms with Gasteiger partial charge in [0.05, 0.1) is 0 Å². The SMILES string of the molecule is CSc1nc(C(=O)NCCc2ccccn2)cs1.O=C(O)C(F)(F)F. The molecule has 0 bridgehead atoms. The zero-order valence-corrected chi connectivity index (χ0v) is 14.5. The van der Waals surface area contributed by atoms with E-state index in [0.29, 0.717) is 12.2 Å². The molecule has 2 heterocycles. The maximum atomic E-state index is 11.8. The lowest BCUT2D eigenvalue weighted by molar-refractivity contribution is -0.192. The van der Waals surface area contributed by atoms with Gasteiger partial charge in [-0.15, -0.1) is 11.3 Å². The Balaban J connectivity index is 0.000000381. The number of rotatable bonds is 5. The number of hydrogen-bond donors (Lipinski definition) is 2. The van der Waals surface area contributed by atoms with Crippen LogP contribution in [0.3, 0.4) is 0 Å². The molecule has 25 heavy (non-hydrogen) atoms. The van der Waals surface area contributed by atoms with Crippen LogP contribution in [-0.4, -0.2) is 45.9 Å². The smallest absolute Gasteiger partial charge is 0.475 e. The highest BCUT2D eigenvalue weighted by Gasteiger charge is 2.38. The molecule has 0 atom stereocenters. The van der Waals surface area contributed by atoms with E-state index in [2.05, 4.69) is 15.3 Å². The average Bonchev–Trinajstić information content (AvgIpc) is 3.04. The molecule has 136 valence electrons. The molecule has 0 saturated carbocycles. The molecule has 0 aliphatic heterocycles. The fourth-order valence-electron chi connectivity index (χ4n) is 1.40. The summed E-state index contributed by atoms with van der Waals surface area (Å²) in [6.45, 7) is 0.571. The van der Waals surface area contributed by atoms with Crippen LogP contribution in [-0.2, 0) is 11.2 Å². The minimum absolute atomic E-state index is 0.123. The summed E-state index contributed by atoms with van der Waals surface area (Å²) in [5.74, 6) is -2.88. The van der Waals surface area contributed by atoms with Gasteiger partial charge in [-0.3, -0.25) is 9.78 Å². The second kappa shape index (κ2) is 9.99. The Bertz CT molecular complexity index is 693. The molecule has 0 radical (unpaired) electrons. The number of halogens is 3. The number of nitrogens with zero attached hydrogens (tertiary/aromatic N) is 2. The fraction of sp³-hybridized carbons (Fsp3) is 0.286. The molecule has 1 amide bonds. The van der Waals surface area contributed by atoms with Crippen LogP contribution in [0.4, 0.5) is 13.2 Å². The Morgan fingerprint density at radius 2 is 2.04 bits per heavy atom. The van der Waals surface area contributed by atoms with Crippen LogP contribution in [0, 0.1) is 0 Å². The molecule has 2 aromatic rings. The van der Waals surface area contributed by atoms with Crippen molar-refractivity contribution in [1.82, 2.24) is 15.3 Å². The van der Waals surface area contributed by atoms with Crippen molar-refractivity contribution in [3.63, 3.8) is 0 Å². The third-order valence-electron chi connectivity index (χ3n) is 2.53. The van der Waals surface area contributed by atoms with Crippen LogP contribution in [0.5, 0.6) is 0 Å². The first-order chi connectivity index (χ1) is 11.7. The predicted molar refractivity (Wildman–Crippen MR) is 87.9 cm³/mol. The fourth-order valence-corrected chi connectivity index (χ4v) is 2.64. The molecule has 11 heteroatoms. The van der Waals surface area contributed by atoms with Crippen molar-refractivity contribution in [1.29, 1.82) is 0 Å². The lowest BCUT2D eigenvalue weighted by Crippen LogP contribution is -2.26. The van der Waals surface area contributed by atoms with Gasteiger partial charge < -0.3 is 10.4 Å². The number of hydrogen-bond acceptors (Lipinski definition) is 6. The van der Waals surface area contributed by atoms with E-state index in [4.69, 9.17) is 9.90 Å². The lowest BCUT2D eigenvalue weighted by Gasteiger charge is -2.02. The molecule has 0 unspecified atom stereocenters. The van der Waals surface area contributed by atoms with Crippen molar-refractivity contribution < 1.29 is 27.9 Å². The number of pyridine rings is 1. The summed E-state index contributed by atoms with van der Waals surface area (Å²) in [6, 6.07) is 5.76. The summed E-state index contributed by atoms with van der Waals surface area (Å²) in [7, 11) is 0. The first-order valence-corrected chi connectivity index (χ1v) is 8.82. The summed E-state index contributed by atoms with van der Waals surface area (Å²) in [4.78, 5) is 29.1. The summed E-state index contributed by atoms with van der Waals surface area (Å²) in [5, 5.41) is 11.7. The van der Waals surface area contributed by atoms with Gasteiger partial charge in [-0.1, -0.05) is 17.8 Å². The van der Waals surface area contributed by atoms with Crippen molar-refractivity contribution in [2.24, 2.45) is 0 Å². The van der Waals surface area contributed by atoms with Crippen LogP contribution in [0.1, 0.15) is 16.2 Å². The van der Waals surface area contributed by atoms with Crippen LogP contribution in [0.25, 0.3) is 0 Å². The molecule has 0 aromatic carbocycles. The van der Waals surface area contributed by atoms with Gasteiger partial charge in [0.2, 0.25) is 0 Å². The van der Waals surface area contributed by atoms with Crippen molar-refractivity contribution >= 4 is 35.0 Å². The number of amides is 1. The number of carboxylic acid groups (broad SMARTS) is 1. The maximum absolute atomic E-state index is 11.8. The second-order valence-electron chi connectivity index (χ2n) is 4.33. The number of alkyl halides is 3. The predicted octanol–water partition coefficient (Wildman–Crippen LogP) is 2.87. The van der Waals surface area contributed by atoms with E-state index in [1.165, 1.54) is 11.3 Å². The Hall–Kier alpha value is -2.14. The van der Waals surface area contributed by atoms with Crippen LogP contribution < -0.4 is 5.32 Å². The first kappa shape index (κ1) is 20.9. The van der Waals surface area contributed by atoms with Gasteiger partial charge in [-0.2, -0.15) is 13.2 Å². The van der Waals surface area contributed by atoms with Crippen LogP contribution in [0.2, 0.25) is 0 Å². The maximum Gasteiger partial charge on any atom is 0.490 e. The molecule has 0 aliphatic carbocycles. The average molecular weight is 393 g/mol.